The number of nitrogens with zero attached hydrogens (tertiary/aromatic N) is 2. The van der Waals surface area contributed by atoms with Gasteiger partial charge in [-0.25, -0.2) is 9.97 Å². The number of anilines is 1. The van der Waals surface area contributed by atoms with Gasteiger partial charge in [0.2, 0.25) is 0 Å². The van der Waals surface area contributed by atoms with Crippen molar-refractivity contribution >= 4 is 23.3 Å². The maximum atomic E-state index is 12.3. The Bertz CT molecular complexity index is 986. The number of rotatable bonds is 5. The number of H-pyrrole nitrogens is 1. The maximum Gasteiger partial charge on any atom is 0.275 e. The molecule has 0 unspecified atom stereocenters. The van der Waals surface area contributed by atoms with Crippen molar-refractivity contribution in [2.24, 2.45) is 0 Å². The molecular formula is C18H15ClN4O3. The Morgan fingerprint density at radius 1 is 1.23 bits per heavy atom. The van der Waals surface area contributed by atoms with Gasteiger partial charge in [-0.2, -0.15) is 0 Å². The van der Waals surface area contributed by atoms with Gasteiger partial charge in [0.1, 0.15) is 23.1 Å². The molecule has 2 N–H and O–H groups in total. The van der Waals surface area contributed by atoms with E-state index in [1.807, 2.05) is 24.3 Å². The predicted molar refractivity (Wildman–Crippen MR) is 97.9 cm³/mol. The van der Waals surface area contributed by atoms with E-state index in [0.717, 1.165) is 17.4 Å². The summed E-state index contributed by atoms with van der Waals surface area (Å²) in [6.45, 7) is 0. The highest BCUT2D eigenvalue weighted by Crippen LogP contribution is 2.14. The van der Waals surface area contributed by atoms with Crippen molar-refractivity contribution in [1.29, 1.82) is 0 Å². The number of halogens is 1. The Kier molecular flexibility index (Phi) is 5.28. The predicted octanol–water partition coefficient (Wildman–Crippen LogP) is 2.67. The van der Waals surface area contributed by atoms with Crippen LogP contribution in [0.3, 0.4) is 0 Å². The van der Waals surface area contributed by atoms with E-state index in [4.69, 9.17) is 16.3 Å². The molecule has 0 radical (unpaired) electrons. The highest BCUT2D eigenvalue weighted by atomic mass is 35.5. The monoisotopic (exact) mass is 370 g/mol. The zero-order valence-electron chi connectivity index (χ0n) is 13.8. The summed E-state index contributed by atoms with van der Waals surface area (Å²) in [6.07, 6.45) is 1.84. The lowest BCUT2D eigenvalue weighted by Crippen LogP contribution is -2.21. The SMILES string of the molecule is COc1ccc(Cc2nc(C(=O)Nc3cc(Cl)ccn3)cc(=O)[nH]2)cc1. The largest absolute Gasteiger partial charge is 0.497 e. The summed E-state index contributed by atoms with van der Waals surface area (Å²) >= 11 is 5.87. The summed E-state index contributed by atoms with van der Waals surface area (Å²) < 4.78 is 5.11. The third-order valence-corrected chi connectivity index (χ3v) is 3.75. The number of aromatic amines is 1. The first-order chi connectivity index (χ1) is 12.5. The van der Waals surface area contributed by atoms with Crippen LogP contribution in [0, 0.1) is 0 Å². The minimum absolute atomic E-state index is 0.000891. The summed E-state index contributed by atoms with van der Waals surface area (Å²) in [5, 5.41) is 3.01. The van der Waals surface area contributed by atoms with Crippen LogP contribution in [0.1, 0.15) is 21.9 Å². The molecule has 0 bridgehead atoms. The molecule has 26 heavy (non-hydrogen) atoms. The molecule has 1 aromatic carbocycles. The molecule has 3 aromatic rings. The minimum Gasteiger partial charge on any atom is -0.497 e. The van der Waals surface area contributed by atoms with Crippen LogP contribution in [0.4, 0.5) is 5.82 Å². The fourth-order valence-electron chi connectivity index (χ4n) is 2.30. The second-order valence-corrected chi connectivity index (χ2v) is 5.85. The van der Waals surface area contributed by atoms with Gasteiger partial charge in [-0.1, -0.05) is 23.7 Å². The van der Waals surface area contributed by atoms with Crippen LogP contribution in [0.5, 0.6) is 5.75 Å². The Morgan fingerprint density at radius 3 is 2.69 bits per heavy atom. The summed E-state index contributed by atoms with van der Waals surface area (Å²) in [6, 6.07) is 11.6. The van der Waals surface area contributed by atoms with Gasteiger partial charge in [-0.15, -0.1) is 0 Å². The number of carbonyl (C=O) groups excluding carboxylic acids is 1. The molecule has 7 nitrogen and oxygen atoms in total. The van der Waals surface area contributed by atoms with E-state index in [-0.39, 0.29) is 11.5 Å². The number of amides is 1. The van der Waals surface area contributed by atoms with Crippen LogP contribution in [0.25, 0.3) is 0 Å². The summed E-state index contributed by atoms with van der Waals surface area (Å²) in [5.74, 6) is 0.854. The van der Waals surface area contributed by atoms with Gasteiger partial charge in [0, 0.05) is 23.7 Å². The molecular weight excluding hydrogens is 356 g/mol. The van der Waals surface area contributed by atoms with Crippen molar-refractivity contribution in [3.63, 3.8) is 0 Å². The van der Waals surface area contributed by atoms with E-state index in [9.17, 15) is 9.59 Å². The topological polar surface area (TPSA) is 97.0 Å². The number of benzene rings is 1. The fourth-order valence-corrected chi connectivity index (χ4v) is 2.46. The van der Waals surface area contributed by atoms with E-state index < -0.39 is 11.5 Å². The average molecular weight is 371 g/mol. The Labute approximate surface area is 154 Å². The van der Waals surface area contributed by atoms with Crippen molar-refractivity contribution in [1.82, 2.24) is 15.0 Å². The van der Waals surface area contributed by atoms with Crippen LogP contribution < -0.4 is 15.6 Å². The molecule has 2 heterocycles. The zero-order valence-corrected chi connectivity index (χ0v) is 14.6. The van der Waals surface area contributed by atoms with Gasteiger partial charge in [0.25, 0.3) is 11.5 Å². The number of aromatic nitrogens is 3. The molecule has 0 aliphatic heterocycles. The molecule has 8 heteroatoms. The van der Waals surface area contributed by atoms with Crippen molar-refractivity contribution in [3.8, 4) is 5.75 Å². The Hall–Kier alpha value is -3.19. The lowest BCUT2D eigenvalue weighted by molar-refractivity contribution is 0.102. The molecule has 132 valence electrons. The second-order valence-electron chi connectivity index (χ2n) is 5.42. The molecule has 0 fully saturated rings. The third-order valence-electron chi connectivity index (χ3n) is 3.52. The van der Waals surface area contributed by atoms with Crippen molar-refractivity contribution in [3.05, 3.63) is 81.1 Å². The third kappa shape index (κ3) is 4.46. The number of hydrogen-bond donors (Lipinski definition) is 2. The van der Waals surface area contributed by atoms with E-state index in [0.29, 0.717) is 17.3 Å². The van der Waals surface area contributed by atoms with Crippen LogP contribution >= 0.6 is 11.6 Å². The van der Waals surface area contributed by atoms with Crippen molar-refractivity contribution in [2.75, 3.05) is 12.4 Å². The summed E-state index contributed by atoms with van der Waals surface area (Å²) in [7, 11) is 1.59. The Morgan fingerprint density at radius 2 is 2.00 bits per heavy atom. The fraction of sp³-hybridized carbons (Fsp3) is 0.111. The molecule has 2 aromatic heterocycles. The number of pyridine rings is 1. The number of ether oxygens (including phenoxy) is 1. The van der Waals surface area contributed by atoms with Crippen molar-refractivity contribution < 1.29 is 9.53 Å². The molecule has 0 aliphatic carbocycles. The number of nitrogens with one attached hydrogen (secondary N) is 2. The van der Waals surface area contributed by atoms with Crippen LogP contribution in [0.15, 0.2) is 53.5 Å². The molecule has 0 aliphatic rings. The number of hydrogen-bond acceptors (Lipinski definition) is 5. The Balaban J connectivity index is 1.80. The number of methoxy groups -OCH3 is 1. The first-order valence-electron chi connectivity index (χ1n) is 7.69. The molecule has 0 saturated carbocycles. The summed E-state index contributed by atoms with van der Waals surface area (Å²) in [5.41, 5.74) is 0.509. The highest BCUT2D eigenvalue weighted by molar-refractivity contribution is 6.30. The van der Waals surface area contributed by atoms with Crippen LogP contribution in [-0.2, 0) is 6.42 Å². The normalized spacial score (nSPS) is 10.4. The van der Waals surface area contributed by atoms with Gasteiger partial charge in [0.05, 0.1) is 7.11 Å². The molecule has 0 saturated heterocycles. The van der Waals surface area contributed by atoms with E-state index in [1.54, 1.807) is 13.2 Å². The molecule has 1 amide bonds. The van der Waals surface area contributed by atoms with Gasteiger partial charge in [0.15, 0.2) is 0 Å². The van der Waals surface area contributed by atoms with E-state index >= 15 is 0 Å². The molecule has 0 spiro atoms. The van der Waals surface area contributed by atoms with Gasteiger partial charge in [-0.05, 0) is 29.8 Å². The van der Waals surface area contributed by atoms with Gasteiger partial charge < -0.3 is 15.0 Å². The highest BCUT2D eigenvalue weighted by Gasteiger charge is 2.12. The van der Waals surface area contributed by atoms with Crippen molar-refractivity contribution in [2.45, 2.75) is 6.42 Å². The van der Waals surface area contributed by atoms with Gasteiger partial charge in [-0.3, -0.25) is 9.59 Å². The first kappa shape index (κ1) is 17.6. The quantitative estimate of drug-likeness (QED) is 0.719. The zero-order chi connectivity index (χ0) is 18.5. The van der Waals surface area contributed by atoms with E-state index in [1.165, 1.54) is 12.3 Å². The standard InChI is InChI=1S/C18H15ClN4O3/c1-26-13-4-2-11(3-5-13)8-16-21-14(10-17(24)22-16)18(25)23-15-9-12(19)6-7-20-15/h2-7,9-10H,8H2,1H3,(H,20,23,25)(H,21,22,24). The lowest BCUT2D eigenvalue weighted by Gasteiger charge is -2.07. The van der Waals surface area contributed by atoms with Gasteiger partial charge >= 0.3 is 0 Å². The maximum absolute atomic E-state index is 12.3. The summed E-state index contributed by atoms with van der Waals surface area (Å²) in [4.78, 5) is 35.1. The van der Waals surface area contributed by atoms with Crippen LogP contribution in [-0.4, -0.2) is 28.0 Å². The molecule has 3 rings (SSSR count). The number of carbonyl (C=O) groups is 1. The van der Waals surface area contributed by atoms with E-state index in [2.05, 4.69) is 20.3 Å². The second kappa shape index (κ2) is 7.79. The smallest absolute Gasteiger partial charge is 0.275 e. The lowest BCUT2D eigenvalue weighted by atomic mass is 10.1. The van der Waals surface area contributed by atoms with Crippen LogP contribution in [0.2, 0.25) is 5.02 Å². The average Bonchev–Trinajstić information content (AvgIpc) is 2.62. The molecule has 0 atom stereocenters. The first-order valence-corrected chi connectivity index (χ1v) is 8.07. The minimum atomic E-state index is -0.540.